The van der Waals surface area contributed by atoms with Crippen LogP contribution in [-0.2, 0) is 6.42 Å². The number of carbonyl (C=O) groups excluding carboxylic acids is 1. The number of pyridine rings is 1. The molecule has 3 nitrogen and oxygen atoms in total. The molecule has 0 unspecified atom stereocenters. The van der Waals surface area contributed by atoms with Crippen molar-refractivity contribution in [1.82, 2.24) is 4.98 Å². The summed E-state index contributed by atoms with van der Waals surface area (Å²) >= 11 is 0. The zero-order valence-corrected chi connectivity index (χ0v) is 10.9. The number of rotatable bonds is 2. The predicted molar refractivity (Wildman–Crippen MR) is 72.5 cm³/mol. The maximum Gasteiger partial charge on any atom is 0.196 e. The Bertz CT molecular complexity index is 640. The Morgan fingerprint density at radius 2 is 2.00 bits per heavy atom. The molecule has 0 N–H and O–H groups in total. The zero-order chi connectivity index (χ0) is 13.9. The first-order valence-electron chi connectivity index (χ1n) is 6.65. The molecule has 0 amide bonds. The maximum absolute atomic E-state index is 13.7. The summed E-state index contributed by atoms with van der Waals surface area (Å²) in [5, 5.41) is 0. The van der Waals surface area contributed by atoms with Crippen LogP contribution in [0.2, 0.25) is 0 Å². The lowest BCUT2D eigenvalue weighted by Crippen LogP contribution is -2.08. The van der Waals surface area contributed by atoms with Gasteiger partial charge in [-0.1, -0.05) is 0 Å². The van der Waals surface area contributed by atoms with Crippen molar-refractivity contribution in [2.45, 2.75) is 19.3 Å². The van der Waals surface area contributed by atoms with E-state index in [0.717, 1.165) is 24.8 Å². The Labute approximate surface area is 116 Å². The molecule has 1 aromatic carbocycles. The number of aryl methyl sites for hydroxylation is 1. The molecule has 0 saturated carbocycles. The van der Waals surface area contributed by atoms with Gasteiger partial charge >= 0.3 is 0 Å². The fourth-order valence-electron chi connectivity index (χ4n) is 2.43. The molecule has 0 radical (unpaired) electrons. The molecule has 2 heterocycles. The minimum Gasteiger partial charge on any atom is -0.493 e. The zero-order valence-electron chi connectivity index (χ0n) is 10.9. The number of hydrogen-bond donors (Lipinski definition) is 0. The van der Waals surface area contributed by atoms with Crippen LogP contribution >= 0.6 is 0 Å². The summed E-state index contributed by atoms with van der Waals surface area (Å²) in [7, 11) is 0. The van der Waals surface area contributed by atoms with Crippen LogP contribution in [0.3, 0.4) is 0 Å². The number of nitrogens with zero attached hydrogens (tertiary/aromatic N) is 1. The molecule has 2 aromatic rings. The molecule has 0 bridgehead atoms. The third-order valence-corrected chi connectivity index (χ3v) is 3.40. The number of ether oxygens (including phenoxy) is 1. The quantitative estimate of drug-likeness (QED) is 0.787. The van der Waals surface area contributed by atoms with Gasteiger partial charge in [0.25, 0.3) is 0 Å². The van der Waals surface area contributed by atoms with E-state index >= 15 is 0 Å². The number of fused-ring (bicyclic) bond motifs is 1. The topological polar surface area (TPSA) is 39.2 Å². The van der Waals surface area contributed by atoms with E-state index in [1.54, 1.807) is 24.5 Å². The van der Waals surface area contributed by atoms with Crippen molar-refractivity contribution in [3.63, 3.8) is 0 Å². The van der Waals surface area contributed by atoms with Crippen molar-refractivity contribution in [3.05, 3.63) is 59.2 Å². The summed E-state index contributed by atoms with van der Waals surface area (Å²) in [4.78, 5) is 16.4. The summed E-state index contributed by atoms with van der Waals surface area (Å²) in [5.41, 5.74) is 1.56. The number of benzene rings is 1. The lowest BCUT2D eigenvalue weighted by molar-refractivity contribution is 0.103. The van der Waals surface area contributed by atoms with Crippen molar-refractivity contribution in [1.29, 1.82) is 0 Å². The molecule has 102 valence electrons. The molecule has 0 atom stereocenters. The molecular weight excluding hydrogens is 257 g/mol. The van der Waals surface area contributed by atoms with Crippen LogP contribution < -0.4 is 4.74 Å². The summed E-state index contributed by atoms with van der Waals surface area (Å²) < 4.78 is 19.4. The summed E-state index contributed by atoms with van der Waals surface area (Å²) in [5.74, 6) is -0.0950. The fourth-order valence-corrected chi connectivity index (χ4v) is 2.43. The average Bonchev–Trinajstić information content (AvgIpc) is 2.71. The van der Waals surface area contributed by atoms with E-state index in [1.165, 1.54) is 12.1 Å². The molecule has 0 saturated heterocycles. The van der Waals surface area contributed by atoms with Crippen LogP contribution in [0, 0.1) is 5.82 Å². The van der Waals surface area contributed by atoms with E-state index in [0.29, 0.717) is 23.5 Å². The second kappa shape index (κ2) is 5.41. The van der Waals surface area contributed by atoms with Gasteiger partial charge in [-0.05, 0) is 49.1 Å². The van der Waals surface area contributed by atoms with Crippen LogP contribution in [-0.4, -0.2) is 17.4 Å². The van der Waals surface area contributed by atoms with Crippen molar-refractivity contribution in [2.75, 3.05) is 6.61 Å². The van der Waals surface area contributed by atoms with Gasteiger partial charge in [0.1, 0.15) is 11.6 Å². The Morgan fingerprint density at radius 1 is 1.20 bits per heavy atom. The van der Waals surface area contributed by atoms with Crippen molar-refractivity contribution >= 4 is 5.78 Å². The normalized spacial score (nSPS) is 14.1. The van der Waals surface area contributed by atoms with Gasteiger partial charge in [0.2, 0.25) is 0 Å². The smallest absolute Gasteiger partial charge is 0.196 e. The second-order valence-electron chi connectivity index (χ2n) is 4.81. The Morgan fingerprint density at radius 3 is 2.80 bits per heavy atom. The number of halogens is 1. The van der Waals surface area contributed by atoms with E-state index in [9.17, 15) is 9.18 Å². The van der Waals surface area contributed by atoms with Gasteiger partial charge in [0, 0.05) is 18.0 Å². The molecule has 3 rings (SSSR count). The highest BCUT2D eigenvalue weighted by Crippen LogP contribution is 2.31. The third kappa shape index (κ3) is 2.41. The van der Waals surface area contributed by atoms with Gasteiger partial charge in [-0.25, -0.2) is 4.39 Å². The lowest BCUT2D eigenvalue weighted by Gasteiger charge is -2.12. The van der Waals surface area contributed by atoms with Crippen LogP contribution in [0.15, 0.2) is 36.7 Å². The number of ketones is 1. The highest BCUT2D eigenvalue weighted by atomic mass is 19.1. The second-order valence-corrected chi connectivity index (χ2v) is 4.81. The molecule has 0 spiro atoms. The van der Waals surface area contributed by atoms with Crippen molar-refractivity contribution < 1.29 is 13.9 Å². The van der Waals surface area contributed by atoms with Crippen molar-refractivity contribution in [2.24, 2.45) is 0 Å². The van der Waals surface area contributed by atoms with Crippen LogP contribution in [0.1, 0.15) is 34.3 Å². The van der Waals surface area contributed by atoms with Gasteiger partial charge in [-0.2, -0.15) is 0 Å². The third-order valence-electron chi connectivity index (χ3n) is 3.40. The van der Waals surface area contributed by atoms with Gasteiger partial charge < -0.3 is 4.74 Å². The van der Waals surface area contributed by atoms with Crippen LogP contribution in [0.5, 0.6) is 5.75 Å². The minimum atomic E-state index is -0.397. The van der Waals surface area contributed by atoms with E-state index in [1.807, 2.05) is 0 Å². The Kier molecular flexibility index (Phi) is 3.46. The lowest BCUT2D eigenvalue weighted by atomic mass is 9.98. The van der Waals surface area contributed by atoms with E-state index in [2.05, 4.69) is 4.98 Å². The summed E-state index contributed by atoms with van der Waals surface area (Å²) in [6.45, 7) is 0.565. The molecule has 1 aliphatic rings. The van der Waals surface area contributed by atoms with Gasteiger partial charge in [-0.3, -0.25) is 9.78 Å². The Balaban J connectivity index is 2.09. The summed E-state index contributed by atoms with van der Waals surface area (Å²) in [6, 6.07) is 5.96. The average molecular weight is 271 g/mol. The molecular formula is C16H14FNO2. The number of aromatic nitrogens is 1. The molecule has 20 heavy (non-hydrogen) atoms. The van der Waals surface area contributed by atoms with E-state index in [4.69, 9.17) is 4.74 Å². The molecule has 0 fully saturated rings. The predicted octanol–water partition coefficient (Wildman–Crippen LogP) is 3.17. The first-order valence-corrected chi connectivity index (χ1v) is 6.65. The highest BCUT2D eigenvalue weighted by Gasteiger charge is 2.21. The monoisotopic (exact) mass is 271 g/mol. The standard InChI is InChI=1S/C16H14FNO2/c17-13-9-12-3-1-2-8-20-16(12)14(10-13)15(19)11-4-6-18-7-5-11/h4-7,9-10H,1-3,8H2. The molecule has 4 heteroatoms. The fraction of sp³-hybridized carbons (Fsp3) is 0.250. The highest BCUT2D eigenvalue weighted by molar-refractivity contribution is 6.10. The molecule has 1 aliphatic heterocycles. The van der Waals surface area contributed by atoms with Gasteiger partial charge in [-0.15, -0.1) is 0 Å². The largest absolute Gasteiger partial charge is 0.493 e. The first kappa shape index (κ1) is 12.8. The number of carbonyl (C=O) groups is 1. The number of hydrogen-bond acceptors (Lipinski definition) is 3. The molecule has 1 aromatic heterocycles. The van der Waals surface area contributed by atoms with Crippen LogP contribution in [0.25, 0.3) is 0 Å². The summed E-state index contributed by atoms with van der Waals surface area (Å²) in [6.07, 6.45) is 5.69. The van der Waals surface area contributed by atoms with E-state index in [-0.39, 0.29) is 5.78 Å². The van der Waals surface area contributed by atoms with Gasteiger partial charge in [0.15, 0.2) is 5.78 Å². The first-order chi connectivity index (χ1) is 9.75. The molecule has 0 aliphatic carbocycles. The maximum atomic E-state index is 13.7. The van der Waals surface area contributed by atoms with Gasteiger partial charge in [0.05, 0.1) is 12.2 Å². The Hall–Kier alpha value is -2.23. The van der Waals surface area contributed by atoms with Crippen molar-refractivity contribution in [3.8, 4) is 5.75 Å². The SMILES string of the molecule is O=C(c1ccncc1)c1cc(F)cc2c1OCCCC2. The minimum absolute atomic E-state index is 0.231. The van der Waals surface area contributed by atoms with E-state index < -0.39 is 5.82 Å². The van der Waals surface area contributed by atoms with Crippen LogP contribution in [0.4, 0.5) is 4.39 Å².